The predicted molar refractivity (Wildman–Crippen MR) is 85.1 cm³/mol. The molecule has 3 rings (SSSR count). The molecular formula is C17H23N3O3. The number of aromatic nitrogens is 2. The average molecular weight is 317 g/mol. The molecule has 1 fully saturated rings. The number of hydrogen-bond acceptors (Lipinski definition) is 5. The molecule has 2 atom stereocenters. The van der Waals surface area contributed by atoms with Crippen molar-refractivity contribution in [3.05, 3.63) is 41.6 Å². The first-order chi connectivity index (χ1) is 11.2. The van der Waals surface area contributed by atoms with Crippen molar-refractivity contribution in [2.45, 2.75) is 51.2 Å². The zero-order valence-corrected chi connectivity index (χ0v) is 13.6. The molecule has 0 amide bonds. The summed E-state index contributed by atoms with van der Waals surface area (Å²) in [7, 11) is 1.38. The zero-order chi connectivity index (χ0) is 16.2. The minimum absolute atomic E-state index is 0.357. The third-order valence-corrected chi connectivity index (χ3v) is 4.51. The fourth-order valence-corrected chi connectivity index (χ4v) is 3.32. The van der Waals surface area contributed by atoms with E-state index in [-0.39, 0.29) is 5.97 Å². The van der Waals surface area contributed by atoms with Crippen molar-refractivity contribution in [3.8, 4) is 0 Å². The molecule has 6 nitrogen and oxygen atoms in total. The molecule has 124 valence electrons. The SMILES string of the molecule is COC(=O)c1cc(CN[C@H]2CCCC[C@@H]2n2cccn2)oc1C. The Morgan fingerprint density at radius 1 is 1.48 bits per heavy atom. The highest BCUT2D eigenvalue weighted by Gasteiger charge is 2.27. The van der Waals surface area contributed by atoms with Crippen LogP contribution in [-0.2, 0) is 11.3 Å². The molecule has 1 N–H and O–H groups in total. The van der Waals surface area contributed by atoms with Crippen molar-refractivity contribution in [3.63, 3.8) is 0 Å². The van der Waals surface area contributed by atoms with Crippen LogP contribution in [0.2, 0.25) is 0 Å². The maximum Gasteiger partial charge on any atom is 0.341 e. The molecular weight excluding hydrogens is 294 g/mol. The number of esters is 1. The highest BCUT2D eigenvalue weighted by Crippen LogP contribution is 2.28. The summed E-state index contributed by atoms with van der Waals surface area (Å²) in [4.78, 5) is 11.6. The van der Waals surface area contributed by atoms with E-state index < -0.39 is 0 Å². The lowest BCUT2D eigenvalue weighted by molar-refractivity contribution is 0.0599. The van der Waals surface area contributed by atoms with Crippen molar-refractivity contribution in [1.82, 2.24) is 15.1 Å². The Labute approximate surface area is 135 Å². The molecule has 23 heavy (non-hydrogen) atoms. The van der Waals surface area contributed by atoms with E-state index in [9.17, 15) is 4.79 Å². The fourth-order valence-electron chi connectivity index (χ4n) is 3.32. The lowest BCUT2D eigenvalue weighted by Gasteiger charge is -2.32. The van der Waals surface area contributed by atoms with Crippen molar-refractivity contribution < 1.29 is 13.9 Å². The van der Waals surface area contributed by atoms with Crippen molar-refractivity contribution >= 4 is 5.97 Å². The molecule has 0 spiro atoms. The van der Waals surface area contributed by atoms with Gasteiger partial charge in [0.05, 0.1) is 19.7 Å². The van der Waals surface area contributed by atoms with E-state index in [4.69, 9.17) is 9.15 Å². The van der Waals surface area contributed by atoms with Crippen LogP contribution in [0.15, 0.2) is 28.9 Å². The first-order valence-electron chi connectivity index (χ1n) is 8.09. The highest BCUT2D eigenvalue weighted by atomic mass is 16.5. The Morgan fingerprint density at radius 3 is 3.04 bits per heavy atom. The van der Waals surface area contributed by atoms with Crippen LogP contribution >= 0.6 is 0 Å². The van der Waals surface area contributed by atoms with E-state index in [0.717, 1.165) is 18.6 Å². The van der Waals surface area contributed by atoms with Crippen LogP contribution in [0.25, 0.3) is 0 Å². The second-order valence-electron chi connectivity index (χ2n) is 6.00. The molecule has 0 aromatic carbocycles. The van der Waals surface area contributed by atoms with Gasteiger partial charge in [0.25, 0.3) is 0 Å². The number of nitrogens with one attached hydrogen (secondary N) is 1. The lowest BCUT2D eigenvalue weighted by Crippen LogP contribution is -2.39. The van der Waals surface area contributed by atoms with Gasteiger partial charge in [0.15, 0.2) is 0 Å². The second-order valence-corrected chi connectivity index (χ2v) is 6.00. The number of ether oxygens (including phenoxy) is 1. The van der Waals surface area contributed by atoms with E-state index in [1.807, 2.05) is 23.1 Å². The fraction of sp³-hybridized carbons (Fsp3) is 0.529. The largest absolute Gasteiger partial charge is 0.465 e. The number of carbonyl (C=O) groups excluding carboxylic acids is 1. The van der Waals surface area contributed by atoms with E-state index >= 15 is 0 Å². The van der Waals surface area contributed by atoms with E-state index in [1.54, 1.807) is 13.0 Å². The standard InChI is InChI=1S/C17H23N3O3/c1-12-14(17(21)22-2)10-13(23-12)11-18-15-6-3-4-7-16(15)20-9-5-8-19-20/h5,8-10,15-16,18H,3-4,6-7,11H2,1-2H3/t15-,16-/m0/s1. The first kappa shape index (κ1) is 15.8. The number of aryl methyl sites for hydroxylation is 1. The monoisotopic (exact) mass is 317 g/mol. The molecule has 0 radical (unpaired) electrons. The van der Waals surface area contributed by atoms with Gasteiger partial charge in [-0.05, 0) is 31.9 Å². The number of nitrogens with zero attached hydrogens (tertiary/aromatic N) is 2. The number of hydrogen-bond donors (Lipinski definition) is 1. The number of methoxy groups -OCH3 is 1. The van der Waals surface area contributed by atoms with Gasteiger partial charge in [0.1, 0.15) is 17.1 Å². The summed E-state index contributed by atoms with van der Waals surface area (Å²) in [5, 5.41) is 7.96. The summed E-state index contributed by atoms with van der Waals surface area (Å²) in [6, 6.07) is 4.45. The van der Waals surface area contributed by atoms with Crippen LogP contribution in [0.5, 0.6) is 0 Å². The molecule has 0 bridgehead atoms. The van der Waals surface area contributed by atoms with Gasteiger partial charge in [0.2, 0.25) is 0 Å². The summed E-state index contributed by atoms with van der Waals surface area (Å²) in [6.45, 7) is 2.38. The minimum Gasteiger partial charge on any atom is -0.465 e. The molecule has 2 heterocycles. The summed E-state index contributed by atoms with van der Waals surface area (Å²) in [5.41, 5.74) is 0.497. The number of furan rings is 1. The number of carbonyl (C=O) groups is 1. The first-order valence-corrected chi connectivity index (χ1v) is 8.09. The third kappa shape index (κ3) is 3.47. The maximum absolute atomic E-state index is 11.6. The van der Waals surface area contributed by atoms with E-state index in [2.05, 4.69) is 10.4 Å². The molecule has 1 saturated carbocycles. The third-order valence-electron chi connectivity index (χ3n) is 4.51. The normalized spacial score (nSPS) is 21.3. The molecule has 6 heteroatoms. The van der Waals surface area contributed by atoms with Gasteiger partial charge in [-0.25, -0.2) is 4.79 Å². The maximum atomic E-state index is 11.6. The Morgan fingerprint density at radius 2 is 2.30 bits per heavy atom. The average Bonchev–Trinajstić information content (AvgIpc) is 3.22. The van der Waals surface area contributed by atoms with Gasteiger partial charge in [0, 0.05) is 18.4 Å². The quantitative estimate of drug-likeness (QED) is 0.859. The van der Waals surface area contributed by atoms with Crippen LogP contribution < -0.4 is 5.32 Å². The molecule has 1 aliphatic rings. The summed E-state index contributed by atoms with van der Waals surface area (Å²) < 4.78 is 12.5. The Kier molecular flexibility index (Phi) is 4.81. The minimum atomic E-state index is -0.357. The summed E-state index contributed by atoms with van der Waals surface area (Å²) in [5.74, 6) is 0.998. The van der Waals surface area contributed by atoms with Crippen molar-refractivity contribution in [2.24, 2.45) is 0 Å². The van der Waals surface area contributed by atoms with Crippen LogP contribution in [-0.4, -0.2) is 28.9 Å². The molecule has 0 aliphatic heterocycles. The van der Waals surface area contributed by atoms with Gasteiger partial charge in [-0.2, -0.15) is 5.10 Å². The molecule has 1 aliphatic carbocycles. The topological polar surface area (TPSA) is 69.3 Å². The lowest BCUT2D eigenvalue weighted by atomic mass is 9.90. The van der Waals surface area contributed by atoms with Crippen molar-refractivity contribution in [2.75, 3.05) is 7.11 Å². The highest BCUT2D eigenvalue weighted by molar-refractivity contribution is 5.90. The van der Waals surface area contributed by atoms with Crippen LogP contribution in [0.1, 0.15) is 53.6 Å². The Balaban J connectivity index is 1.66. The zero-order valence-electron chi connectivity index (χ0n) is 13.6. The Bertz CT molecular complexity index is 648. The van der Waals surface area contributed by atoms with Gasteiger partial charge < -0.3 is 14.5 Å². The molecule has 2 aromatic rings. The second kappa shape index (κ2) is 7.00. The van der Waals surface area contributed by atoms with E-state index in [1.165, 1.54) is 20.0 Å². The van der Waals surface area contributed by atoms with Crippen LogP contribution in [0.3, 0.4) is 0 Å². The smallest absolute Gasteiger partial charge is 0.341 e. The molecule has 0 unspecified atom stereocenters. The predicted octanol–water partition coefficient (Wildman–Crippen LogP) is 2.84. The van der Waals surface area contributed by atoms with Gasteiger partial charge in [-0.3, -0.25) is 4.68 Å². The van der Waals surface area contributed by atoms with Gasteiger partial charge in [-0.1, -0.05) is 12.8 Å². The van der Waals surface area contributed by atoms with E-state index in [0.29, 0.717) is 30.0 Å². The number of rotatable bonds is 5. The van der Waals surface area contributed by atoms with Gasteiger partial charge >= 0.3 is 5.97 Å². The summed E-state index contributed by atoms with van der Waals surface area (Å²) >= 11 is 0. The van der Waals surface area contributed by atoms with Crippen LogP contribution in [0.4, 0.5) is 0 Å². The van der Waals surface area contributed by atoms with Crippen molar-refractivity contribution in [1.29, 1.82) is 0 Å². The Hall–Kier alpha value is -2.08. The van der Waals surface area contributed by atoms with Crippen LogP contribution in [0, 0.1) is 6.92 Å². The molecule has 0 saturated heterocycles. The molecule has 2 aromatic heterocycles. The van der Waals surface area contributed by atoms with Gasteiger partial charge in [-0.15, -0.1) is 0 Å². The summed E-state index contributed by atoms with van der Waals surface area (Å²) in [6.07, 6.45) is 8.55.